The van der Waals surface area contributed by atoms with Crippen molar-refractivity contribution in [2.24, 2.45) is 17.3 Å². The fraction of sp³-hybridized carbons (Fsp3) is 0.923. The van der Waals surface area contributed by atoms with E-state index >= 15 is 0 Å². The maximum atomic E-state index is 12.3. The zero-order chi connectivity index (χ0) is 12.8. The zero-order valence-electron chi connectivity index (χ0n) is 10.7. The maximum absolute atomic E-state index is 12.3. The molecule has 17 heavy (non-hydrogen) atoms. The monoisotopic (exact) mass is 365 g/mol. The summed E-state index contributed by atoms with van der Waals surface area (Å²) in [5.41, 5.74) is -0.284. The molecule has 0 aliphatic heterocycles. The van der Waals surface area contributed by atoms with E-state index in [2.05, 4.69) is 51.0 Å². The summed E-state index contributed by atoms with van der Waals surface area (Å²) >= 11 is 7.11. The molecule has 0 bridgehead atoms. The first-order valence-electron chi connectivity index (χ1n) is 6.47. The van der Waals surface area contributed by atoms with Crippen molar-refractivity contribution in [1.82, 2.24) is 5.32 Å². The average molecular weight is 367 g/mol. The van der Waals surface area contributed by atoms with Crippen molar-refractivity contribution in [3.8, 4) is 0 Å². The minimum Gasteiger partial charge on any atom is -0.353 e. The van der Waals surface area contributed by atoms with E-state index in [1.54, 1.807) is 0 Å². The second-order valence-corrected chi connectivity index (χ2v) is 9.83. The van der Waals surface area contributed by atoms with Gasteiger partial charge in [-0.2, -0.15) is 0 Å². The van der Waals surface area contributed by atoms with E-state index in [1.807, 2.05) is 6.92 Å². The number of halogens is 2. The minimum absolute atomic E-state index is 0.180. The molecule has 0 aromatic carbocycles. The van der Waals surface area contributed by atoms with Crippen LogP contribution in [0.3, 0.4) is 0 Å². The fourth-order valence-corrected chi connectivity index (χ4v) is 4.24. The van der Waals surface area contributed by atoms with E-state index in [0.29, 0.717) is 12.0 Å². The third kappa shape index (κ3) is 2.44. The Morgan fingerprint density at radius 2 is 1.88 bits per heavy atom. The summed E-state index contributed by atoms with van der Waals surface area (Å²) in [5.74, 6) is 1.51. The van der Waals surface area contributed by atoms with Gasteiger partial charge >= 0.3 is 0 Å². The van der Waals surface area contributed by atoms with Crippen LogP contribution in [0.15, 0.2) is 0 Å². The van der Waals surface area contributed by atoms with E-state index in [0.717, 1.165) is 18.8 Å². The number of rotatable bonds is 2. The highest BCUT2D eigenvalue weighted by molar-refractivity contribution is 9.25. The van der Waals surface area contributed by atoms with Crippen LogP contribution >= 0.6 is 31.9 Å². The predicted octanol–water partition coefficient (Wildman–Crippen LogP) is 3.82. The summed E-state index contributed by atoms with van der Waals surface area (Å²) in [7, 11) is 0. The maximum Gasteiger partial charge on any atom is 0.228 e. The van der Waals surface area contributed by atoms with Crippen molar-refractivity contribution in [3.05, 3.63) is 0 Å². The number of carbonyl (C=O) groups is 1. The van der Waals surface area contributed by atoms with Crippen LogP contribution in [0.2, 0.25) is 0 Å². The van der Waals surface area contributed by atoms with E-state index in [9.17, 15) is 4.79 Å². The van der Waals surface area contributed by atoms with Crippen LogP contribution in [0.5, 0.6) is 0 Å². The molecule has 2 aliphatic carbocycles. The molecule has 2 nitrogen and oxygen atoms in total. The first kappa shape index (κ1) is 13.9. The molecule has 0 unspecified atom stereocenters. The summed E-state index contributed by atoms with van der Waals surface area (Å²) in [4.78, 5) is 12.3. The lowest BCUT2D eigenvalue weighted by molar-refractivity contribution is -0.127. The SMILES string of the molecule is C[C@H]1[C@H](C)CCC[C@@H]1NC(=O)[C@@]1(C)CC1(Br)Br. The lowest BCUT2D eigenvalue weighted by Crippen LogP contribution is -2.46. The van der Waals surface area contributed by atoms with Gasteiger partial charge in [0.1, 0.15) is 0 Å². The normalized spacial score (nSPS) is 44.2. The summed E-state index contributed by atoms with van der Waals surface area (Å²) in [6.07, 6.45) is 4.53. The molecule has 98 valence electrons. The van der Waals surface area contributed by atoms with Crippen molar-refractivity contribution in [2.75, 3.05) is 0 Å². The first-order chi connectivity index (χ1) is 7.78. The van der Waals surface area contributed by atoms with Gasteiger partial charge in [-0.3, -0.25) is 4.79 Å². The molecular weight excluding hydrogens is 346 g/mol. The molecule has 2 rings (SSSR count). The fourth-order valence-electron chi connectivity index (χ4n) is 2.76. The van der Waals surface area contributed by atoms with Gasteiger partial charge in [-0.05, 0) is 31.6 Å². The van der Waals surface area contributed by atoms with Crippen LogP contribution in [0.4, 0.5) is 0 Å². The first-order valence-corrected chi connectivity index (χ1v) is 8.05. The number of amides is 1. The van der Waals surface area contributed by atoms with Gasteiger partial charge in [0.2, 0.25) is 5.91 Å². The van der Waals surface area contributed by atoms with Gasteiger partial charge in [-0.25, -0.2) is 0 Å². The molecule has 2 saturated carbocycles. The van der Waals surface area contributed by atoms with Crippen molar-refractivity contribution < 1.29 is 4.79 Å². The number of nitrogens with one attached hydrogen (secondary N) is 1. The summed E-state index contributed by atoms with van der Waals surface area (Å²) in [5, 5.41) is 3.26. The van der Waals surface area contributed by atoms with Gasteiger partial charge in [-0.1, -0.05) is 58.5 Å². The molecule has 2 fully saturated rings. The van der Waals surface area contributed by atoms with E-state index in [4.69, 9.17) is 0 Å². The topological polar surface area (TPSA) is 29.1 Å². The van der Waals surface area contributed by atoms with Crippen LogP contribution in [0.25, 0.3) is 0 Å². The molecule has 4 heteroatoms. The average Bonchev–Trinajstić information content (AvgIpc) is 2.75. The third-order valence-corrected chi connectivity index (χ3v) is 7.09. The Balaban J connectivity index is 1.95. The summed E-state index contributed by atoms with van der Waals surface area (Å²) < 4.78 is -0.180. The van der Waals surface area contributed by atoms with Crippen LogP contribution in [-0.4, -0.2) is 15.2 Å². The molecule has 0 heterocycles. The number of carbonyl (C=O) groups excluding carboxylic acids is 1. The van der Waals surface area contributed by atoms with Crippen LogP contribution in [-0.2, 0) is 4.79 Å². The van der Waals surface area contributed by atoms with Crippen molar-refractivity contribution in [2.45, 2.75) is 55.7 Å². The highest BCUT2D eigenvalue weighted by atomic mass is 79.9. The van der Waals surface area contributed by atoms with Crippen LogP contribution < -0.4 is 5.32 Å². The number of alkyl halides is 2. The quantitative estimate of drug-likeness (QED) is 0.739. The zero-order valence-corrected chi connectivity index (χ0v) is 13.9. The van der Waals surface area contributed by atoms with Crippen LogP contribution in [0.1, 0.15) is 46.5 Å². The Morgan fingerprint density at radius 3 is 2.41 bits per heavy atom. The van der Waals surface area contributed by atoms with Gasteiger partial charge < -0.3 is 5.32 Å². The standard InChI is InChI=1S/C13H21Br2NO/c1-8-5-4-6-10(9(8)2)16-11(17)12(3)7-13(12,14)15/h8-10H,4-7H2,1-3H3,(H,16,17)/t8-,9+,10+,12-/m1/s1. The second kappa shape index (κ2) is 4.52. The highest BCUT2D eigenvalue weighted by Crippen LogP contribution is 2.66. The molecule has 0 aromatic heterocycles. The van der Waals surface area contributed by atoms with Gasteiger partial charge in [0, 0.05) is 6.04 Å². The Morgan fingerprint density at radius 1 is 1.29 bits per heavy atom. The minimum atomic E-state index is -0.284. The Kier molecular flexibility index (Phi) is 3.68. The lowest BCUT2D eigenvalue weighted by Gasteiger charge is -2.35. The van der Waals surface area contributed by atoms with Crippen molar-refractivity contribution in [1.29, 1.82) is 0 Å². The molecule has 0 aromatic rings. The van der Waals surface area contributed by atoms with E-state index in [-0.39, 0.29) is 14.6 Å². The van der Waals surface area contributed by atoms with Crippen molar-refractivity contribution in [3.63, 3.8) is 0 Å². The Labute approximate surface area is 121 Å². The van der Waals surface area contributed by atoms with Crippen molar-refractivity contribution >= 4 is 37.8 Å². The van der Waals surface area contributed by atoms with Gasteiger partial charge in [-0.15, -0.1) is 0 Å². The number of hydrogen-bond acceptors (Lipinski definition) is 1. The molecule has 4 atom stereocenters. The van der Waals surface area contributed by atoms with E-state index < -0.39 is 0 Å². The molecule has 0 saturated heterocycles. The number of hydrogen-bond donors (Lipinski definition) is 1. The molecular formula is C13H21Br2NO. The molecule has 1 amide bonds. The predicted molar refractivity (Wildman–Crippen MR) is 77.4 cm³/mol. The molecule has 0 spiro atoms. The van der Waals surface area contributed by atoms with E-state index in [1.165, 1.54) is 12.8 Å². The lowest BCUT2D eigenvalue weighted by atomic mass is 9.78. The Bertz CT molecular complexity index is 331. The third-order valence-electron chi connectivity index (χ3n) is 4.78. The Hall–Kier alpha value is 0.430. The summed E-state index contributed by atoms with van der Waals surface area (Å²) in [6.45, 7) is 6.57. The molecule has 1 N–H and O–H groups in total. The largest absolute Gasteiger partial charge is 0.353 e. The molecule has 0 radical (unpaired) electrons. The second-order valence-electron chi connectivity index (χ2n) is 6.06. The molecule has 2 aliphatic rings. The van der Waals surface area contributed by atoms with Gasteiger partial charge in [0.25, 0.3) is 0 Å². The van der Waals surface area contributed by atoms with Crippen LogP contribution in [0, 0.1) is 17.3 Å². The van der Waals surface area contributed by atoms with Gasteiger partial charge in [0.05, 0.1) is 8.65 Å². The summed E-state index contributed by atoms with van der Waals surface area (Å²) in [6, 6.07) is 0.361. The smallest absolute Gasteiger partial charge is 0.228 e. The highest BCUT2D eigenvalue weighted by Gasteiger charge is 2.66. The van der Waals surface area contributed by atoms with Gasteiger partial charge in [0.15, 0.2) is 0 Å².